The topological polar surface area (TPSA) is 55.4 Å². The monoisotopic (exact) mass is 337 g/mol. The summed E-state index contributed by atoms with van der Waals surface area (Å²) in [5.74, 6) is -0.639. The van der Waals surface area contributed by atoms with Gasteiger partial charge in [-0.3, -0.25) is 9.59 Å². The van der Waals surface area contributed by atoms with Crippen molar-refractivity contribution in [3.8, 4) is 0 Å². The number of rotatable bonds is 5. The van der Waals surface area contributed by atoms with Gasteiger partial charge in [0.25, 0.3) is 5.91 Å². The Bertz CT molecular complexity index is 684. The Kier molecular flexibility index (Phi) is 5.57. The molecule has 6 heteroatoms. The molecule has 0 fully saturated rings. The van der Waals surface area contributed by atoms with Crippen LogP contribution in [-0.2, 0) is 9.53 Å². The zero-order chi connectivity index (χ0) is 16.1. The summed E-state index contributed by atoms with van der Waals surface area (Å²) in [6.07, 6.45) is 0.0241. The number of carbonyl (C=O) groups excluding carboxylic acids is 2. The number of hydrogen-bond acceptors (Lipinski definition) is 4. The molecule has 1 N–H and O–H groups in total. The third-order valence-electron chi connectivity index (χ3n) is 3.15. The number of nitrogens with one attached hydrogen (secondary N) is 1. The Morgan fingerprint density at radius 3 is 2.59 bits per heavy atom. The van der Waals surface area contributed by atoms with Crippen LogP contribution in [0.15, 0.2) is 36.4 Å². The van der Waals surface area contributed by atoms with Crippen LogP contribution >= 0.6 is 22.9 Å². The minimum Gasteiger partial charge on any atom is -0.469 e. The quantitative estimate of drug-likeness (QED) is 0.845. The smallest absolute Gasteiger partial charge is 0.307 e. The number of esters is 1. The van der Waals surface area contributed by atoms with E-state index in [4.69, 9.17) is 16.3 Å². The van der Waals surface area contributed by atoms with Crippen LogP contribution in [0.1, 0.15) is 32.6 Å². The number of hydrogen-bond donors (Lipinski definition) is 1. The van der Waals surface area contributed by atoms with Crippen molar-refractivity contribution in [2.45, 2.75) is 19.4 Å². The van der Waals surface area contributed by atoms with E-state index in [0.29, 0.717) is 15.5 Å². The predicted molar refractivity (Wildman–Crippen MR) is 87.3 cm³/mol. The van der Waals surface area contributed by atoms with Crippen LogP contribution in [0, 0.1) is 6.92 Å². The van der Waals surface area contributed by atoms with E-state index in [1.54, 1.807) is 24.3 Å². The van der Waals surface area contributed by atoms with E-state index in [-0.39, 0.29) is 12.3 Å². The molecule has 0 aliphatic rings. The third kappa shape index (κ3) is 4.08. The number of carbonyl (C=O) groups is 2. The number of halogens is 1. The Morgan fingerprint density at radius 1 is 1.27 bits per heavy atom. The molecule has 4 nitrogen and oxygen atoms in total. The predicted octanol–water partition coefficient (Wildman–Crippen LogP) is 3.74. The molecule has 1 aromatic carbocycles. The largest absolute Gasteiger partial charge is 0.469 e. The Hall–Kier alpha value is -1.85. The van der Waals surface area contributed by atoms with Crippen LogP contribution in [-0.4, -0.2) is 19.0 Å². The maximum absolute atomic E-state index is 12.3. The Morgan fingerprint density at radius 2 is 2.00 bits per heavy atom. The highest BCUT2D eigenvalue weighted by Gasteiger charge is 2.22. The van der Waals surface area contributed by atoms with Crippen molar-refractivity contribution < 1.29 is 14.3 Å². The SMILES string of the molecule is COC(=O)CC(NC(=O)c1ccc(C)s1)c1ccccc1Cl. The number of thiophene rings is 1. The summed E-state index contributed by atoms with van der Waals surface area (Å²) in [7, 11) is 1.32. The summed E-state index contributed by atoms with van der Waals surface area (Å²) in [5.41, 5.74) is 0.691. The Labute approximate surface area is 138 Å². The van der Waals surface area contributed by atoms with Crippen LogP contribution in [0.25, 0.3) is 0 Å². The molecule has 1 unspecified atom stereocenters. The molecule has 0 radical (unpaired) electrons. The van der Waals surface area contributed by atoms with Crippen molar-refractivity contribution in [3.63, 3.8) is 0 Å². The average Bonchev–Trinajstić information content (AvgIpc) is 2.93. The van der Waals surface area contributed by atoms with E-state index in [0.717, 1.165) is 4.88 Å². The van der Waals surface area contributed by atoms with Crippen molar-refractivity contribution in [2.24, 2.45) is 0 Å². The molecular weight excluding hydrogens is 322 g/mol. The molecule has 1 aromatic heterocycles. The second-order valence-electron chi connectivity index (χ2n) is 4.74. The minimum absolute atomic E-state index is 0.0241. The summed E-state index contributed by atoms with van der Waals surface area (Å²) < 4.78 is 4.70. The van der Waals surface area contributed by atoms with E-state index in [9.17, 15) is 9.59 Å². The van der Waals surface area contributed by atoms with E-state index in [1.165, 1.54) is 18.4 Å². The maximum atomic E-state index is 12.3. The highest BCUT2D eigenvalue weighted by atomic mass is 35.5. The first-order valence-electron chi connectivity index (χ1n) is 6.70. The third-order valence-corrected chi connectivity index (χ3v) is 4.49. The van der Waals surface area contributed by atoms with Gasteiger partial charge in [0.2, 0.25) is 0 Å². The molecule has 1 heterocycles. The molecule has 0 aliphatic heterocycles. The van der Waals surface area contributed by atoms with Crippen LogP contribution in [0.2, 0.25) is 5.02 Å². The Balaban J connectivity index is 2.23. The van der Waals surface area contributed by atoms with E-state index in [1.807, 2.05) is 19.1 Å². The summed E-state index contributed by atoms with van der Waals surface area (Å²) in [6, 6.07) is 10.2. The van der Waals surface area contributed by atoms with Gasteiger partial charge in [-0.05, 0) is 30.7 Å². The number of aryl methyl sites for hydroxylation is 1. The van der Waals surface area contributed by atoms with Gasteiger partial charge in [-0.1, -0.05) is 29.8 Å². The molecule has 22 heavy (non-hydrogen) atoms. The second-order valence-corrected chi connectivity index (χ2v) is 6.43. The lowest BCUT2D eigenvalue weighted by Crippen LogP contribution is -2.30. The van der Waals surface area contributed by atoms with Crippen LogP contribution < -0.4 is 5.32 Å². The van der Waals surface area contributed by atoms with Gasteiger partial charge in [0.1, 0.15) is 0 Å². The molecule has 2 aromatic rings. The molecule has 0 aliphatic carbocycles. The molecule has 0 saturated carbocycles. The second kappa shape index (κ2) is 7.42. The van der Waals surface area contributed by atoms with Gasteiger partial charge >= 0.3 is 5.97 Å². The first kappa shape index (κ1) is 16.5. The fourth-order valence-corrected chi connectivity index (χ4v) is 3.07. The first-order chi connectivity index (χ1) is 10.5. The van der Waals surface area contributed by atoms with Crippen LogP contribution in [0.5, 0.6) is 0 Å². The lowest BCUT2D eigenvalue weighted by atomic mass is 10.0. The zero-order valence-corrected chi connectivity index (χ0v) is 13.8. The molecule has 0 saturated heterocycles. The fourth-order valence-electron chi connectivity index (χ4n) is 2.03. The lowest BCUT2D eigenvalue weighted by molar-refractivity contribution is -0.141. The highest BCUT2D eigenvalue weighted by Crippen LogP contribution is 2.26. The van der Waals surface area contributed by atoms with E-state index >= 15 is 0 Å². The maximum Gasteiger partial charge on any atom is 0.307 e. The summed E-state index contributed by atoms with van der Waals surface area (Å²) in [4.78, 5) is 25.6. The number of ether oxygens (including phenoxy) is 1. The molecule has 2 rings (SSSR count). The van der Waals surface area contributed by atoms with Gasteiger partial charge in [0, 0.05) is 9.90 Å². The normalized spacial score (nSPS) is 11.8. The van der Waals surface area contributed by atoms with Gasteiger partial charge in [-0.25, -0.2) is 0 Å². The zero-order valence-electron chi connectivity index (χ0n) is 12.3. The first-order valence-corrected chi connectivity index (χ1v) is 7.89. The molecule has 0 spiro atoms. The lowest BCUT2D eigenvalue weighted by Gasteiger charge is -2.19. The van der Waals surface area contributed by atoms with Gasteiger partial charge in [-0.2, -0.15) is 0 Å². The van der Waals surface area contributed by atoms with Crippen molar-refractivity contribution in [1.82, 2.24) is 5.32 Å². The average molecular weight is 338 g/mol. The van der Waals surface area contributed by atoms with Gasteiger partial charge in [0.05, 0.1) is 24.4 Å². The number of benzene rings is 1. The molecular formula is C16H16ClNO3S. The summed E-state index contributed by atoms with van der Waals surface area (Å²) in [5, 5.41) is 3.35. The number of methoxy groups -OCH3 is 1. The molecule has 1 amide bonds. The van der Waals surface area contributed by atoms with Gasteiger partial charge in [-0.15, -0.1) is 11.3 Å². The van der Waals surface area contributed by atoms with Gasteiger partial charge < -0.3 is 10.1 Å². The van der Waals surface area contributed by atoms with E-state index < -0.39 is 12.0 Å². The van der Waals surface area contributed by atoms with Crippen LogP contribution in [0.4, 0.5) is 0 Å². The van der Waals surface area contributed by atoms with E-state index in [2.05, 4.69) is 5.32 Å². The van der Waals surface area contributed by atoms with Crippen molar-refractivity contribution in [3.05, 3.63) is 56.7 Å². The summed E-state index contributed by atoms with van der Waals surface area (Å²) >= 11 is 7.58. The van der Waals surface area contributed by atoms with Crippen molar-refractivity contribution in [1.29, 1.82) is 0 Å². The fraction of sp³-hybridized carbons (Fsp3) is 0.250. The highest BCUT2D eigenvalue weighted by molar-refractivity contribution is 7.13. The molecule has 0 bridgehead atoms. The standard InChI is InChI=1S/C16H16ClNO3S/c1-10-7-8-14(22-10)16(20)18-13(9-15(19)21-2)11-5-3-4-6-12(11)17/h3-8,13H,9H2,1-2H3,(H,18,20). The number of amides is 1. The van der Waals surface area contributed by atoms with Crippen LogP contribution in [0.3, 0.4) is 0 Å². The minimum atomic E-state index is -0.531. The van der Waals surface area contributed by atoms with Crippen molar-refractivity contribution in [2.75, 3.05) is 7.11 Å². The van der Waals surface area contributed by atoms with Gasteiger partial charge in [0.15, 0.2) is 0 Å². The molecule has 1 atom stereocenters. The van der Waals surface area contributed by atoms with Crippen molar-refractivity contribution >= 4 is 34.8 Å². The molecule has 116 valence electrons. The summed E-state index contributed by atoms with van der Waals surface area (Å²) in [6.45, 7) is 1.93.